The second-order valence-electron chi connectivity index (χ2n) is 13.3. The molecule has 3 aromatic carbocycles. The van der Waals surface area contributed by atoms with E-state index in [1.807, 2.05) is 0 Å². The van der Waals surface area contributed by atoms with Crippen molar-refractivity contribution in [2.45, 2.75) is 104 Å². The van der Waals surface area contributed by atoms with Crippen LogP contribution in [0, 0.1) is 5.41 Å². The summed E-state index contributed by atoms with van der Waals surface area (Å²) in [5.41, 5.74) is 13.7. The Morgan fingerprint density at radius 2 is 1.71 bits per heavy atom. The Balaban J connectivity index is 1.48. The SMILES string of the molecule is CCCCc1ccc(C(C)C)c(-c2ccc3c(c2)-c2cccc4c2N2C3=NOC2C2(CC)C=CC42CC)c1C(C)C. The number of amidine groups is 1. The molecule has 0 amide bonds. The number of allylic oxidation sites excluding steroid dienone is 1. The van der Waals surface area contributed by atoms with Crippen molar-refractivity contribution in [3.8, 4) is 22.3 Å². The topological polar surface area (TPSA) is 24.8 Å². The van der Waals surface area contributed by atoms with Crippen LogP contribution in [0.25, 0.3) is 22.3 Å². The molecular formula is C38H44N2O. The van der Waals surface area contributed by atoms with Gasteiger partial charge in [0.2, 0.25) is 6.23 Å². The van der Waals surface area contributed by atoms with Gasteiger partial charge in [-0.3, -0.25) is 4.90 Å². The fraction of sp³-hybridized carbons (Fsp3) is 0.447. The van der Waals surface area contributed by atoms with Gasteiger partial charge in [-0.25, -0.2) is 0 Å². The third-order valence-electron chi connectivity index (χ3n) is 10.7. The zero-order chi connectivity index (χ0) is 28.7. The van der Waals surface area contributed by atoms with Gasteiger partial charge in [-0.05, 0) is 88.6 Å². The zero-order valence-electron chi connectivity index (χ0n) is 25.8. The summed E-state index contributed by atoms with van der Waals surface area (Å²) in [6, 6.07) is 18.9. The van der Waals surface area contributed by atoms with E-state index in [1.165, 1.54) is 68.6 Å². The minimum atomic E-state index is -0.0933. The van der Waals surface area contributed by atoms with Gasteiger partial charge in [-0.2, -0.15) is 0 Å². The van der Waals surface area contributed by atoms with Crippen LogP contribution in [0.4, 0.5) is 5.69 Å². The van der Waals surface area contributed by atoms with Crippen molar-refractivity contribution in [2.24, 2.45) is 10.6 Å². The van der Waals surface area contributed by atoms with E-state index in [0.29, 0.717) is 11.8 Å². The fourth-order valence-electron chi connectivity index (χ4n) is 8.64. The standard InChI is InChI=1S/C38H44N2O/c1-8-11-13-25-16-18-27(23(4)5)33(32(25)24(6)7)26-17-19-29-30(22-26)28-14-12-15-31-34(28)40-35(29)39-41-36(40)38(10-3)21-20-37(31,38)9-2/h12,14-24,36H,8-11,13H2,1-7H3. The predicted octanol–water partition coefficient (Wildman–Crippen LogP) is 10.1. The second-order valence-corrected chi connectivity index (χ2v) is 13.3. The number of hydrogen-bond acceptors (Lipinski definition) is 3. The first-order valence-electron chi connectivity index (χ1n) is 16.0. The van der Waals surface area contributed by atoms with E-state index >= 15 is 0 Å². The molecule has 0 saturated heterocycles. The summed E-state index contributed by atoms with van der Waals surface area (Å²) in [4.78, 5) is 8.82. The highest BCUT2D eigenvalue weighted by Crippen LogP contribution is 2.67. The largest absolute Gasteiger partial charge is 0.367 e. The van der Waals surface area contributed by atoms with E-state index in [-0.39, 0.29) is 17.1 Å². The van der Waals surface area contributed by atoms with Gasteiger partial charge >= 0.3 is 0 Å². The Bertz CT molecular complexity index is 1610. The lowest BCUT2D eigenvalue weighted by atomic mass is 9.47. The number of nitrogens with zero attached hydrogens (tertiary/aromatic N) is 2. The highest BCUT2D eigenvalue weighted by atomic mass is 16.7. The van der Waals surface area contributed by atoms with Crippen LogP contribution in [0.15, 0.2) is 65.8 Å². The van der Waals surface area contributed by atoms with Crippen LogP contribution < -0.4 is 4.90 Å². The number of fused-ring (bicyclic) bond motifs is 6. The average Bonchev–Trinajstić information content (AvgIpc) is 3.41. The summed E-state index contributed by atoms with van der Waals surface area (Å²) in [6.45, 7) is 16.3. The van der Waals surface area contributed by atoms with Crippen LogP contribution >= 0.6 is 0 Å². The molecule has 0 bridgehead atoms. The molecule has 0 spiro atoms. The predicted molar refractivity (Wildman–Crippen MR) is 172 cm³/mol. The molecule has 0 radical (unpaired) electrons. The molecule has 1 aliphatic carbocycles. The van der Waals surface area contributed by atoms with Gasteiger partial charge in [-0.1, -0.05) is 109 Å². The molecule has 3 heterocycles. The molecule has 3 aromatic rings. The maximum Gasteiger partial charge on any atom is 0.215 e. The van der Waals surface area contributed by atoms with Gasteiger partial charge in [0.25, 0.3) is 0 Å². The van der Waals surface area contributed by atoms with Gasteiger partial charge < -0.3 is 4.84 Å². The number of hydrogen-bond donors (Lipinski definition) is 0. The van der Waals surface area contributed by atoms with Crippen molar-refractivity contribution in [1.82, 2.24) is 0 Å². The van der Waals surface area contributed by atoms with Crippen LogP contribution in [0.2, 0.25) is 0 Å². The van der Waals surface area contributed by atoms with E-state index in [9.17, 15) is 0 Å². The lowest BCUT2D eigenvalue weighted by Crippen LogP contribution is -2.65. The maximum atomic E-state index is 6.39. The van der Waals surface area contributed by atoms with Crippen molar-refractivity contribution >= 4 is 11.5 Å². The third kappa shape index (κ3) is 3.29. The molecule has 3 heteroatoms. The van der Waals surface area contributed by atoms with Gasteiger partial charge in [0.15, 0.2) is 5.84 Å². The minimum absolute atomic E-state index is 0.0163. The van der Waals surface area contributed by atoms with Crippen LogP contribution in [-0.4, -0.2) is 12.1 Å². The molecule has 41 heavy (non-hydrogen) atoms. The zero-order valence-corrected chi connectivity index (χ0v) is 25.8. The van der Waals surface area contributed by atoms with Crippen molar-refractivity contribution in [3.63, 3.8) is 0 Å². The number of oxime groups is 1. The second kappa shape index (κ2) is 9.34. The van der Waals surface area contributed by atoms with Gasteiger partial charge in [0.05, 0.1) is 11.1 Å². The molecule has 3 atom stereocenters. The third-order valence-corrected chi connectivity index (χ3v) is 10.7. The highest BCUT2D eigenvalue weighted by Gasteiger charge is 2.67. The minimum Gasteiger partial charge on any atom is -0.367 e. The number of aryl methyl sites for hydroxylation is 1. The molecule has 0 saturated carbocycles. The lowest BCUT2D eigenvalue weighted by molar-refractivity contribution is -0.0483. The molecule has 7 rings (SSSR count). The average molecular weight is 545 g/mol. The summed E-state index contributed by atoms with van der Waals surface area (Å²) in [5.74, 6) is 1.88. The molecule has 4 aliphatic rings. The summed E-state index contributed by atoms with van der Waals surface area (Å²) >= 11 is 0. The number of rotatable bonds is 8. The van der Waals surface area contributed by atoms with Crippen LogP contribution in [-0.2, 0) is 16.7 Å². The molecule has 212 valence electrons. The maximum absolute atomic E-state index is 6.39. The number of benzene rings is 3. The highest BCUT2D eigenvalue weighted by molar-refractivity contribution is 6.21. The smallest absolute Gasteiger partial charge is 0.215 e. The van der Waals surface area contributed by atoms with E-state index in [2.05, 4.69) is 114 Å². The van der Waals surface area contributed by atoms with E-state index < -0.39 is 0 Å². The fourth-order valence-corrected chi connectivity index (χ4v) is 8.64. The van der Waals surface area contributed by atoms with E-state index in [1.54, 1.807) is 0 Å². The molecule has 0 N–H and O–H groups in total. The first-order chi connectivity index (χ1) is 19.8. The molecule has 3 nitrogen and oxygen atoms in total. The molecule has 0 fully saturated rings. The Hall–Kier alpha value is -3.33. The lowest BCUT2D eigenvalue weighted by Gasteiger charge is -2.61. The monoisotopic (exact) mass is 544 g/mol. The molecule has 0 aromatic heterocycles. The normalized spacial score (nSPS) is 24.6. The first-order valence-corrected chi connectivity index (χ1v) is 16.0. The van der Waals surface area contributed by atoms with E-state index in [4.69, 9.17) is 9.99 Å². The molecule has 3 unspecified atom stereocenters. The summed E-state index contributed by atoms with van der Waals surface area (Å²) in [6.07, 6.45) is 10.4. The van der Waals surface area contributed by atoms with Crippen LogP contribution in [0.5, 0.6) is 0 Å². The van der Waals surface area contributed by atoms with E-state index in [0.717, 1.165) is 25.1 Å². The van der Waals surface area contributed by atoms with Crippen molar-refractivity contribution < 1.29 is 4.84 Å². The molecular weight excluding hydrogens is 500 g/mol. The number of para-hydroxylation sites is 1. The quantitative estimate of drug-likeness (QED) is 0.264. The van der Waals surface area contributed by atoms with Gasteiger partial charge in [0, 0.05) is 16.5 Å². The number of unbranched alkanes of at least 4 members (excludes halogenated alkanes) is 1. The summed E-state index contributed by atoms with van der Waals surface area (Å²) in [5, 5.41) is 4.81. The Morgan fingerprint density at radius 3 is 2.37 bits per heavy atom. The molecule has 3 aliphatic heterocycles. The Kier molecular flexibility index (Phi) is 6.05. The number of anilines is 1. The first kappa shape index (κ1) is 26.6. The Morgan fingerprint density at radius 1 is 0.878 bits per heavy atom. The van der Waals surface area contributed by atoms with Crippen molar-refractivity contribution in [3.05, 3.63) is 88.5 Å². The van der Waals surface area contributed by atoms with Gasteiger partial charge in [-0.15, -0.1) is 0 Å². The van der Waals surface area contributed by atoms with Crippen LogP contribution in [0.1, 0.15) is 114 Å². The van der Waals surface area contributed by atoms with Gasteiger partial charge in [0.1, 0.15) is 0 Å². The summed E-state index contributed by atoms with van der Waals surface area (Å²) < 4.78 is 0. The van der Waals surface area contributed by atoms with Crippen molar-refractivity contribution in [1.29, 1.82) is 0 Å². The van der Waals surface area contributed by atoms with Crippen molar-refractivity contribution in [2.75, 3.05) is 4.90 Å². The summed E-state index contributed by atoms with van der Waals surface area (Å²) in [7, 11) is 0. The van der Waals surface area contributed by atoms with Crippen LogP contribution in [0.3, 0.4) is 0 Å². The Labute approximate surface area is 246 Å².